The molecule has 1 unspecified atom stereocenters. The van der Waals surface area contributed by atoms with E-state index >= 15 is 0 Å². The van der Waals surface area contributed by atoms with Crippen LogP contribution in [-0.2, 0) is 6.54 Å². The van der Waals surface area contributed by atoms with Crippen LogP contribution in [0, 0.1) is 5.92 Å². The lowest BCUT2D eigenvalue weighted by Crippen LogP contribution is -2.39. The maximum atomic E-state index is 13.2. The van der Waals surface area contributed by atoms with Gasteiger partial charge in [0.2, 0.25) is 0 Å². The number of hydrogen-bond donors (Lipinski definition) is 0. The summed E-state index contributed by atoms with van der Waals surface area (Å²) in [5.41, 5.74) is 1.43. The topological polar surface area (TPSA) is 38.8 Å². The molecule has 1 aliphatic carbocycles. The molecule has 1 atom stereocenters. The highest BCUT2D eigenvalue weighted by Gasteiger charge is 2.34. The molecule has 2 aromatic rings. The highest BCUT2D eigenvalue weighted by Crippen LogP contribution is 2.37. The molecule has 1 amide bonds. The first-order valence-corrected chi connectivity index (χ1v) is 8.97. The van der Waals surface area contributed by atoms with Crippen molar-refractivity contribution in [3.63, 3.8) is 0 Å². The molecule has 0 heterocycles. The van der Waals surface area contributed by atoms with Crippen LogP contribution in [0.15, 0.2) is 48.5 Å². The summed E-state index contributed by atoms with van der Waals surface area (Å²) in [6, 6.07) is 14.2. The summed E-state index contributed by atoms with van der Waals surface area (Å²) in [5.74, 6) is 0.370. The fraction of sp³-hybridized carbons (Fsp3) is 0.381. The van der Waals surface area contributed by atoms with Gasteiger partial charge in [0.1, 0.15) is 0 Å². The number of halogens is 2. The van der Waals surface area contributed by atoms with Gasteiger partial charge in [-0.2, -0.15) is 8.78 Å². The molecule has 0 radical (unpaired) electrons. The molecular formula is C21H23F2NO3. The van der Waals surface area contributed by atoms with Gasteiger partial charge in [-0.1, -0.05) is 30.3 Å². The number of benzene rings is 2. The van der Waals surface area contributed by atoms with E-state index in [1.807, 2.05) is 35.2 Å². The quantitative estimate of drug-likeness (QED) is 0.669. The Kier molecular flexibility index (Phi) is 5.94. The minimum absolute atomic E-state index is 0.0890. The van der Waals surface area contributed by atoms with Gasteiger partial charge in [-0.05, 0) is 49.4 Å². The third kappa shape index (κ3) is 4.76. The molecule has 0 aliphatic heterocycles. The lowest BCUT2D eigenvalue weighted by molar-refractivity contribution is -0.0512. The molecule has 0 saturated heterocycles. The summed E-state index contributed by atoms with van der Waals surface area (Å²) in [6.07, 6.45) is 2.23. The zero-order valence-electron chi connectivity index (χ0n) is 15.4. The van der Waals surface area contributed by atoms with E-state index in [2.05, 4.69) is 11.7 Å². The molecule has 1 aliphatic rings. The number of amides is 1. The minimum Gasteiger partial charge on any atom is -0.493 e. The zero-order valence-corrected chi connectivity index (χ0v) is 15.4. The van der Waals surface area contributed by atoms with E-state index in [4.69, 9.17) is 4.74 Å². The van der Waals surface area contributed by atoms with Gasteiger partial charge in [-0.25, -0.2) is 0 Å². The van der Waals surface area contributed by atoms with Crippen molar-refractivity contribution in [2.24, 2.45) is 5.92 Å². The molecule has 3 rings (SSSR count). The summed E-state index contributed by atoms with van der Waals surface area (Å²) in [7, 11) is 1.36. The molecular weight excluding hydrogens is 352 g/mol. The standard InChI is InChI=1S/C21H23F2NO3/c1-14(16-8-9-16)24(13-15-6-4-3-5-7-15)20(25)17-10-11-18(27-21(22)23)19(12-17)26-2/h3-7,10-12,14,16,21H,8-9,13H2,1-2H3. The monoisotopic (exact) mass is 375 g/mol. The number of alkyl halides is 2. The molecule has 4 nitrogen and oxygen atoms in total. The predicted molar refractivity (Wildman–Crippen MR) is 98.1 cm³/mol. The van der Waals surface area contributed by atoms with Crippen molar-refractivity contribution >= 4 is 5.91 Å². The number of ether oxygens (including phenoxy) is 2. The van der Waals surface area contributed by atoms with Gasteiger partial charge in [0, 0.05) is 18.2 Å². The summed E-state index contributed by atoms with van der Waals surface area (Å²) in [4.78, 5) is 15.0. The van der Waals surface area contributed by atoms with Gasteiger partial charge in [-0.15, -0.1) is 0 Å². The predicted octanol–water partition coefficient (Wildman–Crippen LogP) is 4.74. The Bertz CT molecular complexity index is 778. The molecule has 0 N–H and O–H groups in total. The maximum Gasteiger partial charge on any atom is 0.387 e. The van der Waals surface area contributed by atoms with Crippen LogP contribution in [0.4, 0.5) is 8.78 Å². The Morgan fingerprint density at radius 2 is 1.85 bits per heavy atom. The largest absolute Gasteiger partial charge is 0.493 e. The number of methoxy groups -OCH3 is 1. The van der Waals surface area contributed by atoms with E-state index < -0.39 is 6.61 Å². The summed E-state index contributed by atoms with van der Waals surface area (Å²) in [6.45, 7) is -0.399. The molecule has 0 aromatic heterocycles. The summed E-state index contributed by atoms with van der Waals surface area (Å²) >= 11 is 0. The van der Waals surface area contributed by atoms with Gasteiger partial charge < -0.3 is 14.4 Å². The van der Waals surface area contributed by atoms with E-state index in [1.54, 1.807) is 0 Å². The number of carbonyl (C=O) groups excluding carboxylic acids is 1. The van der Waals surface area contributed by atoms with E-state index in [1.165, 1.54) is 25.3 Å². The smallest absolute Gasteiger partial charge is 0.387 e. The van der Waals surface area contributed by atoms with E-state index in [-0.39, 0.29) is 23.4 Å². The lowest BCUT2D eigenvalue weighted by atomic mass is 10.1. The molecule has 0 spiro atoms. The Hall–Kier alpha value is -2.63. The third-order valence-electron chi connectivity index (χ3n) is 4.88. The molecule has 144 valence electrons. The number of carbonyl (C=O) groups is 1. The highest BCUT2D eigenvalue weighted by molar-refractivity contribution is 5.95. The first-order chi connectivity index (χ1) is 13.0. The average Bonchev–Trinajstić information content (AvgIpc) is 3.51. The Morgan fingerprint density at radius 1 is 1.15 bits per heavy atom. The number of rotatable bonds is 8. The van der Waals surface area contributed by atoms with Gasteiger partial charge in [-0.3, -0.25) is 4.79 Å². The van der Waals surface area contributed by atoms with Crippen LogP contribution in [0.3, 0.4) is 0 Å². The molecule has 6 heteroatoms. The Morgan fingerprint density at radius 3 is 2.44 bits per heavy atom. The van der Waals surface area contributed by atoms with Crippen LogP contribution in [0.25, 0.3) is 0 Å². The minimum atomic E-state index is -2.95. The molecule has 27 heavy (non-hydrogen) atoms. The van der Waals surface area contributed by atoms with E-state index in [9.17, 15) is 13.6 Å². The van der Waals surface area contributed by atoms with Gasteiger partial charge in [0.25, 0.3) is 5.91 Å². The highest BCUT2D eigenvalue weighted by atomic mass is 19.3. The zero-order chi connectivity index (χ0) is 19.4. The summed E-state index contributed by atoms with van der Waals surface area (Å²) < 4.78 is 34.6. The first-order valence-electron chi connectivity index (χ1n) is 8.97. The number of hydrogen-bond acceptors (Lipinski definition) is 3. The van der Waals surface area contributed by atoms with Crippen molar-refractivity contribution in [2.75, 3.05) is 7.11 Å². The van der Waals surface area contributed by atoms with Crippen LogP contribution >= 0.6 is 0 Å². The van der Waals surface area contributed by atoms with Crippen LogP contribution in [-0.4, -0.2) is 30.6 Å². The van der Waals surface area contributed by atoms with Crippen LogP contribution in [0.5, 0.6) is 11.5 Å². The maximum absolute atomic E-state index is 13.2. The fourth-order valence-electron chi connectivity index (χ4n) is 3.17. The van der Waals surface area contributed by atoms with Crippen molar-refractivity contribution in [1.82, 2.24) is 4.90 Å². The molecule has 0 bridgehead atoms. The second-order valence-electron chi connectivity index (χ2n) is 6.74. The van der Waals surface area contributed by atoms with E-state index in [0.717, 1.165) is 18.4 Å². The van der Waals surface area contributed by atoms with Crippen molar-refractivity contribution in [3.8, 4) is 11.5 Å². The second kappa shape index (κ2) is 8.37. The van der Waals surface area contributed by atoms with Crippen LogP contribution in [0.2, 0.25) is 0 Å². The van der Waals surface area contributed by atoms with Crippen LogP contribution in [0.1, 0.15) is 35.7 Å². The number of nitrogens with zero attached hydrogens (tertiary/aromatic N) is 1. The SMILES string of the molecule is COc1cc(C(=O)N(Cc2ccccc2)C(C)C2CC2)ccc1OC(F)F. The third-order valence-corrected chi connectivity index (χ3v) is 4.88. The molecule has 1 fully saturated rings. The van der Waals surface area contributed by atoms with Crippen molar-refractivity contribution < 1.29 is 23.0 Å². The summed E-state index contributed by atoms with van der Waals surface area (Å²) in [5, 5.41) is 0. The van der Waals surface area contributed by atoms with Gasteiger partial charge in [0.15, 0.2) is 11.5 Å². The van der Waals surface area contributed by atoms with Crippen LogP contribution < -0.4 is 9.47 Å². The fourth-order valence-corrected chi connectivity index (χ4v) is 3.17. The van der Waals surface area contributed by atoms with Gasteiger partial charge >= 0.3 is 6.61 Å². The van der Waals surface area contributed by atoms with Crippen molar-refractivity contribution in [1.29, 1.82) is 0 Å². The molecule has 2 aromatic carbocycles. The Balaban J connectivity index is 1.86. The lowest BCUT2D eigenvalue weighted by Gasteiger charge is -2.30. The molecule has 1 saturated carbocycles. The van der Waals surface area contributed by atoms with Gasteiger partial charge in [0.05, 0.1) is 7.11 Å². The van der Waals surface area contributed by atoms with Crippen molar-refractivity contribution in [2.45, 2.75) is 39.0 Å². The second-order valence-corrected chi connectivity index (χ2v) is 6.74. The average molecular weight is 375 g/mol. The first kappa shape index (κ1) is 19.1. The normalized spacial score (nSPS) is 14.7. The van der Waals surface area contributed by atoms with E-state index in [0.29, 0.717) is 18.0 Å². The Labute approximate surface area is 157 Å². The van der Waals surface area contributed by atoms with Crippen molar-refractivity contribution in [3.05, 3.63) is 59.7 Å².